The molecule has 1 fully saturated rings. The summed E-state index contributed by atoms with van der Waals surface area (Å²) in [4.78, 5) is 18.3. The van der Waals surface area contributed by atoms with Crippen LogP contribution >= 0.6 is 0 Å². The van der Waals surface area contributed by atoms with Gasteiger partial charge in [-0.3, -0.25) is 4.79 Å². The van der Waals surface area contributed by atoms with Crippen LogP contribution in [0.1, 0.15) is 18.4 Å². The number of ether oxygens (including phenoxy) is 3. The number of rotatable bonds is 4. The van der Waals surface area contributed by atoms with E-state index in [9.17, 15) is 9.18 Å². The number of nitrogens with zero attached hydrogens (tertiary/aromatic N) is 2. The Hall–Kier alpha value is -2.83. The van der Waals surface area contributed by atoms with Gasteiger partial charge >= 0.3 is 0 Å². The molecule has 3 heterocycles. The second-order valence-electron chi connectivity index (χ2n) is 6.64. The number of carbonyl (C=O) groups excluding carboxylic acids is 1. The molecule has 1 saturated heterocycles. The highest BCUT2D eigenvalue weighted by atomic mass is 19.1. The first-order chi connectivity index (χ1) is 13.2. The Morgan fingerprint density at radius 2 is 1.96 bits per heavy atom. The number of amides is 1. The maximum absolute atomic E-state index is 13.6. The summed E-state index contributed by atoms with van der Waals surface area (Å²) in [6, 6.07) is 8.46. The van der Waals surface area contributed by atoms with Crippen LogP contribution in [0.3, 0.4) is 0 Å². The quantitative estimate of drug-likeness (QED) is 0.826. The van der Waals surface area contributed by atoms with Gasteiger partial charge in [0.2, 0.25) is 5.91 Å². The third-order valence-corrected chi connectivity index (χ3v) is 4.76. The average molecular weight is 372 g/mol. The van der Waals surface area contributed by atoms with Gasteiger partial charge in [-0.05, 0) is 29.8 Å². The predicted octanol–water partition coefficient (Wildman–Crippen LogP) is 2.60. The van der Waals surface area contributed by atoms with Crippen molar-refractivity contribution in [1.29, 1.82) is 0 Å². The van der Waals surface area contributed by atoms with Crippen molar-refractivity contribution in [3.8, 4) is 17.4 Å². The average Bonchev–Trinajstić information content (AvgIpc) is 2.70. The van der Waals surface area contributed by atoms with Crippen LogP contribution in [-0.2, 0) is 11.2 Å². The van der Waals surface area contributed by atoms with Gasteiger partial charge in [-0.15, -0.1) is 0 Å². The second kappa shape index (κ2) is 7.82. The summed E-state index contributed by atoms with van der Waals surface area (Å²) < 4.78 is 30.4. The molecule has 0 N–H and O–H groups in total. The zero-order valence-electron chi connectivity index (χ0n) is 14.9. The molecule has 27 heavy (non-hydrogen) atoms. The number of aromatic nitrogens is 1. The van der Waals surface area contributed by atoms with Crippen LogP contribution in [0.5, 0.6) is 17.4 Å². The van der Waals surface area contributed by atoms with E-state index in [4.69, 9.17) is 14.2 Å². The van der Waals surface area contributed by atoms with Gasteiger partial charge in [-0.2, -0.15) is 0 Å². The van der Waals surface area contributed by atoms with E-state index in [2.05, 4.69) is 4.98 Å². The molecule has 2 aliphatic heterocycles. The van der Waals surface area contributed by atoms with Crippen LogP contribution < -0.4 is 14.2 Å². The molecule has 1 aromatic carbocycles. The molecule has 7 heteroatoms. The van der Waals surface area contributed by atoms with E-state index in [0.717, 1.165) is 11.3 Å². The van der Waals surface area contributed by atoms with Gasteiger partial charge in [-0.25, -0.2) is 9.37 Å². The zero-order valence-corrected chi connectivity index (χ0v) is 14.9. The molecule has 2 aromatic rings. The maximum atomic E-state index is 13.6. The minimum Gasteiger partial charge on any atom is -0.486 e. The number of likely N-dealkylation sites (tertiary alicyclic amines) is 1. The fraction of sp³-hybridized carbons (Fsp3) is 0.400. The van der Waals surface area contributed by atoms with Gasteiger partial charge in [0.25, 0.3) is 5.88 Å². The Bertz CT molecular complexity index is 821. The highest BCUT2D eigenvalue weighted by molar-refractivity contribution is 5.79. The summed E-state index contributed by atoms with van der Waals surface area (Å²) in [6.45, 7) is 2.24. The normalized spacial score (nSPS) is 16.9. The number of hydrogen-bond acceptors (Lipinski definition) is 5. The number of fused-ring (bicyclic) bond motifs is 1. The van der Waals surface area contributed by atoms with E-state index in [-0.39, 0.29) is 17.9 Å². The highest BCUT2D eigenvalue weighted by Crippen LogP contribution is 2.31. The van der Waals surface area contributed by atoms with Crippen LogP contribution in [0.15, 0.2) is 36.5 Å². The van der Waals surface area contributed by atoms with Crippen LogP contribution in [0.2, 0.25) is 0 Å². The van der Waals surface area contributed by atoms with Gasteiger partial charge in [0, 0.05) is 32.1 Å². The van der Waals surface area contributed by atoms with Gasteiger partial charge < -0.3 is 19.1 Å². The summed E-state index contributed by atoms with van der Waals surface area (Å²) in [5, 5.41) is 0. The molecule has 0 bridgehead atoms. The van der Waals surface area contributed by atoms with Crippen LogP contribution in [0.25, 0.3) is 0 Å². The lowest BCUT2D eigenvalue weighted by Crippen LogP contribution is -2.42. The molecule has 6 nitrogen and oxygen atoms in total. The summed E-state index contributed by atoms with van der Waals surface area (Å²) in [5.41, 5.74) is 0.901. The molecule has 4 rings (SSSR count). The first-order valence-electron chi connectivity index (χ1n) is 9.12. The minimum atomic E-state index is -0.463. The standard InChI is InChI=1S/C20H21FN2O4/c21-16-2-1-7-22-20(16)27-15-5-8-23(9-6-15)19(24)13-14-3-4-17-18(12-14)26-11-10-25-17/h1-4,7,12,15H,5-6,8-11,13H2. The lowest BCUT2D eigenvalue weighted by molar-refractivity contribution is -0.132. The summed E-state index contributed by atoms with van der Waals surface area (Å²) in [6.07, 6.45) is 3.00. The fourth-order valence-corrected chi connectivity index (χ4v) is 3.32. The molecule has 0 radical (unpaired) electrons. The number of piperidine rings is 1. The maximum Gasteiger partial charge on any atom is 0.250 e. The van der Waals surface area contributed by atoms with Gasteiger partial charge in [0.1, 0.15) is 19.3 Å². The molecular formula is C20H21FN2O4. The van der Waals surface area contributed by atoms with Gasteiger partial charge in [0.15, 0.2) is 17.3 Å². The first kappa shape index (κ1) is 17.6. The van der Waals surface area contributed by atoms with E-state index in [1.165, 1.54) is 18.3 Å². The van der Waals surface area contributed by atoms with E-state index in [0.29, 0.717) is 51.3 Å². The van der Waals surface area contributed by atoms with Gasteiger partial charge in [0.05, 0.1) is 6.42 Å². The fourth-order valence-electron chi connectivity index (χ4n) is 3.32. The second-order valence-corrected chi connectivity index (χ2v) is 6.64. The SMILES string of the molecule is O=C(Cc1ccc2c(c1)OCCO2)N1CCC(Oc2ncccc2F)CC1. The number of hydrogen-bond donors (Lipinski definition) is 0. The third-order valence-electron chi connectivity index (χ3n) is 4.76. The Labute approximate surface area is 156 Å². The Morgan fingerprint density at radius 3 is 2.74 bits per heavy atom. The van der Waals surface area contributed by atoms with E-state index < -0.39 is 5.82 Å². The Morgan fingerprint density at radius 1 is 1.19 bits per heavy atom. The minimum absolute atomic E-state index is 0.0264. The lowest BCUT2D eigenvalue weighted by atomic mass is 10.1. The summed E-state index contributed by atoms with van der Waals surface area (Å²) in [7, 11) is 0. The smallest absolute Gasteiger partial charge is 0.250 e. The molecule has 2 aliphatic rings. The van der Waals surface area contributed by atoms with Crippen molar-refractivity contribution in [2.24, 2.45) is 0 Å². The lowest BCUT2D eigenvalue weighted by Gasteiger charge is -2.32. The number of halogens is 1. The third kappa shape index (κ3) is 4.13. The molecule has 1 amide bonds. The van der Waals surface area contributed by atoms with Crippen molar-refractivity contribution in [2.45, 2.75) is 25.4 Å². The molecule has 142 valence electrons. The van der Waals surface area contributed by atoms with Crippen molar-refractivity contribution >= 4 is 5.91 Å². The van der Waals surface area contributed by atoms with E-state index in [1.54, 1.807) is 0 Å². The zero-order chi connectivity index (χ0) is 18.6. The molecule has 1 aromatic heterocycles. The molecule has 0 aliphatic carbocycles. The number of pyridine rings is 1. The first-order valence-corrected chi connectivity index (χ1v) is 9.12. The van der Waals surface area contributed by atoms with Crippen LogP contribution in [0, 0.1) is 5.82 Å². The predicted molar refractivity (Wildman–Crippen MR) is 95.6 cm³/mol. The Balaban J connectivity index is 1.30. The highest BCUT2D eigenvalue weighted by Gasteiger charge is 2.25. The topological polar surface area (TPSA) is 60.9 Å². The number of carbonyl (C=O) groups is 1. The molecule has 0 saturated carbocycles. The van der Waals surface area contributed by atoms with Crippen molar-refractivity contribution in [2.75, 3.05) is 26.3 Å². The molecule has 0 unspecified atom stereocenters. The largest absolute Gasteiger partial charge is 0.486 e. The van der Waals surface area contributed by atoms with E-state index in [1.807, 2.05) is 23.1 Å². The van der Waals surface area contributed by atoms with Gasteiger partial charge in [-0.1, -0.05) is 6.07 Å². The van der Waals surface area contributed by atoms with Crippen LogP contribution in [-0.4, -0.2) is 48.2 Å². The monoisotopic (exact) mass is 372 g/mol. The Kier molecular flexibility index (Phi) is 5.09. The molecule has 0 atom stereocenters. The van der Waals surface area contributed by atoms with Crippen LogP contribution in [0.4, 0.5) is 4.39 Å². The van der Waals surface area contributed by atoms with Crippen molar-refractivity contribution < 1.29 is 23.4 Å². The summed E-state index contributed by atoms with van der Waals surface area (Å²) in [5.74, 6) is 1.04. The molecular weight excluding hydrogens is 351 g/mol. The number of benzene rings is 1. The van der Waals surface area contributed by atoms with Crippen molar-refractivity contribution in [3.63, 3.8) is 0 Å². The van der Waals surface area contributed by atoms with Crippen molar-refractivity contribution in [3.05, 3.63) is 47.9 Å². The molecule has 0 spiro atoms. The van der Waals surface area contributed by atoms with E-state index >= 15 is 0 Å². The summed E-state index contributed by atoms with van der Waals surface area (Å²) >= 11 is 0. The van der Waals surface area contributed by atoms with Crippen molar-refractivity contribution in [1.82, 2.24) is 9.88 Å².